The number of carbonyl (C=O) groups excluding carboxylic acids is 1. The van der Waals surface area contributed by atoms with Gasteiger partial charge in [0.1, 0.15) is 12.4 Å². The molecule has 1 atom stereocenters. The molecule has 1 unspecified atom stereocenters. The molecule has 0 saturated carbocycles. The van der Waals surface area contributed by atoms with Crippen molar-refractivity contribution in [1.82, 2.24) is 14.8 Å². The Bertz CT molecular complexity index is 1010. The van der Waals surface area contributed by atoms with E-state index in [1.807, 2.05) is 28.9 Å². The number of ether oxygens (including phenoxy) is 2. The zero-order valence-electron chi connectivity index (χ0n) is 16.0. The highest BCUT2D eigenvalue weighted by Crippen LogP contribution is 2.32. The fraction of sp³-hybridized carbons (Fsp3) is 0.350. The maximum atomic E-state index is 10.7. The number of hydrogen-bond donors (Lipinski definition) is 3. The van der Waals surface area contributed by atoms with Gasteiger partial charge >= 0.3 is 6.09 Å². The third-order valence-electron chi connectivity index (χ3n) is 4.89. The molecule has 0 radical (unpaired) electrons. The lowest BCUT2D eigenvalue weighted by atomic mass is 10.1. The average molecular weight is 396 g/mol. The highest BCUT2D eigenvalue weighted by atomic mass is 16.5. The monoisotopic (exact) mass is 396 g/mol. The van der Waals surface area contributed by atoms with Crippen molar-refractivity contribution < 1.29 is 14.3 Å². The van der Waals surface area contributed by atoms with Gasteiger partial charge in [0.25, 0.3) is 0 Å². The molecule has 1 fully saturated rings. The smallest absolute Gasteiger partial charge is 0.404 e. The van der Waals surface area contributed by atoms with Gasteiger partial charge in [0.05, 0.1) is 11.2 Å². The van der Waals surface area contributed by atoms with Crippen LogP contribution in [0.2, 0.25) is 0 Å². The van der Waals surface area contributed by atoms with Gasteiger partial charge in [0.15, 0.2) is 6.23 Å². The maximum Gasteiger partial charge on any atom is 0.404 e. The number of amides is 1. The lowest BCUT2D eigenvalue weighted by molar-refractivity contribution is -0.0383. The molecule has 152 valence electrons. The van der Waals surface area contributed by atoms with Crippen LogP contribution in [0.15, 0.2) is 36.5 Å². The van der Waals surface area contributed by atoms with Crippen LogP contribution in [0, 0.1) is 0 Å². The molecule has 1 amide bonds. The van der Waals surface area contributed by atoms with Crippen molar-refractivity contribution in [3.8, 4) is 11.3 Å². The molecule has 1 aliphatic heterocycles. The van der Waals surface area contributed by atoms with Gasteiger partial charge in [-0.2, -0.15) is 5.10 Å². The van der Waals surface area contributed by atoms with E-state index in [0.717, 1.165) is 53.7 Å². The number of aromatic nitrogens is 3. The van der Waals surface area contributed by atoms with E-state index in [-0.39, 0.29) is 12.8 Å². The molecule has 29 heavy (non-hydrogen) atoms. The van der Waals surface area contributed by atoms with E-state index in [1.165, 1.54) is 0 Å². The molecular weight excluding hydrogens is 372 g/mol. The second-order valence-electron chi connectivity index (χ2n) is 6.90. The minimum absolute atomic E-state index is 0.0410. The molecule has 3 aromatic rings. The van der Waals surface area contributed by atoms with Gasteiger partial charge in [0.2, 0.25) is 0 Å². The van der Waals surface area contributed by atoms with Crippen molar-refractivity contribution in [1.29, 1.82) is 0 Å². The molecule has 0 aliphatic carbocycles. The summed E-state index contributed by atoms with van der Waals surface area (Å²) in [6.45, 7) is 1.33. The van der Waals surface area contributed by atoms with E-state index in [9.17, 15) is 4.79 Å². The minimum atomic E-state index is -0.797. The number of hydrogen-bond acceptors (Lipinski definition) is 7. The molecule has 1 aliphatic rings. The van der Waals surface area contributed by atoms with Crippen molar-refractivity contribution in [3.05, 3.63) is 36.5 Å². The number of primary amides is 1. The Morgan fingerprint density at radius 1 is 1.31 bits per heavy atom. The predicted molar refractivity (Wildman–Crippen MR) is 110 cm³/mol. The number of nitrogens with zero attached hydrogens (tertiary/aromatic N) is 3. The predicted octanol–water partition coefficient (Wildman–Crippen LogP) is 2.89. The lowest BCUT2D eigenvalue weighted by Gasteiger charge is -2.24. The van der Waals surface area contributed by atoms with Gasteiger partial charge < -0.3 is 26.3 Å². The highest BCUT2D eigenvalue weighted by Gasteiger charge is 2.20. The highest BCUT2D eigenvalue weighted by molar-refractivity contribution is 5.95. The van der Waals surface area contributed by atoms with Crippen LogP contribution in [-0.4, -0.2) is 40.6 Å². The molecule has 4 rings (SSSR count). The Morgan fingerprint density at radius 3 is 3.00 bits per heavy atom. The molecular formula is C20H24N6O3. The third kappa shape index (κ3) is 4.24. The van der Waals surface area contributed by atoms with Crippen molar-refractivity contribution in [2.24, 2.45) is 5.73 Å². The summed E-state index contributed by atoms with van der Waals surface area (Å²) in [6, 6.07) is 9.75. The lowest BCUT2D eigenvalue weighted by Crippen LogP contribution is -2.19. The molecule has 0 spiro atoms. The van der Waals surface area contributed by atoms with Gasteiger partial charge in [-0.1, -0.05) is 12.1 Å². The largest absolute Gasteiger partial charge is 0.448 e. The van der Waals surface area contributed by atoms with Crippen LogP contribution in [0.4, 0.5) is 16.3 Å². The Labute approximate surface area is 168 Å². The second kappa shape index (κ2) is 8.36. The number of fused-ring (bicyclic) bond motifs is 1. The van der Waals surface area contributed by atoms with Gasteiger partial charge in [0, 0.05) is 42.1 Å². The SMILES string of the molecule is NC(=O)OCCNc1cc(N)nc2cc(-c3ccnn3C3CCCCO3)ccc12. The van der Waals surface area contributed by atoms with E-state index in [0.29, 0.717) is 12.4 Å². The van der Waals surface area contributed by atoms with E-state index in [1.54, 1.807) is 12.3 Å². The van der Waals surface area contributed by atoms with E-state index in [2.05, 4.69) is 15.4 Å². The van der Waals surface area contributed by atoms with Crippen LogP contribution in [0.3, 0.4) is 0 Å². The van der Waals surface area contributed by atoms with E-state index >= 15 is 0 Å². The summed E-state index contributed by atoms with van der Waals surface area (Å²) in [5.74, 6) is 0.400. The molecule has 9 nitrogen and oxygen atoms in total. The van der Waals surface area contributed by atoms with E-state index < -0.39 is 6.09 Å². The number of benzene rings is 1. The fourth-order valence-corrected chi connectivity index (χ4v) is 3.58. The van der Waals surface area contributed by atoms with Crippen molar-refractivity contribution in [3.63, 3.8) is 0 Å². The first-order valence-electron chi connectivity index (χ1n) is 9.64. The van der Waals surface area contributed by atoms with Crippen molar-refractivity contribution in [2.75, 3.05) is 30.8 Å². The van der Waals surface area contributed by atoms with Crippen LogP contribution < -0.4 is 16.8 Å². The Balaban J connectivity index is 1.62. The number of nitrogens with one attached hydrogen (secondary N) is 1. The van der Waals surface area contributed by atoms with Crippen LogP contribution in [-0.2, 0) is 9.47 Å². The van der Waals surface area contributed by atoms with Gasteiger partial charge in [-0.25, -0.2) is 14.5 Å². The van der Waals surface area contributed by atoms with Gasteiger partial charge in [-0.15, -0.1) is 0 Å². The Hall–Kier alpha value is -3.33. The zero-order valence-corrected chi connectivity index (χ0v) is 16.0. The summed E-state index contributed by atoms with van der Waals surface area (Å²) in [6.07, 6.45) is 4.13. The van der Waals surface area contributed by atoms with Gasteiger partial charge in [-0.3, -0.25) is 0 Å². The van der Waals surface area contributed by atoms with Crippen molar-refractivity contribution in [2.45, 2.75) is 25.5 Å². The van der Waals surface area contributed by atoms with Crippen LogP contribution >= 0.6 is 0 Å². The minimum Gasteiger partial charge on any atom is -0.448 e. The number of pyridine rings is 1. The van der Waals surface area contributed by atoms with E-state index in [4.69, 9.17) is 20.9 Å². The van der Waals surface area contributed by atoms with Gasteiger partial charge in [-0.05, 0) is 31.4 Å². The van der Waals surface area contributed by atoms with Crippen LogP contribution in [0.25, 0.3) is 22.2 Å². The summed E-state index contributed by atoms with van der Waals surface area (Å²) >= 11 is 0. The number of nitrogens with two attached hydrogens (primary N) is 2. The molecule has 1 saturated heterocycles. The fourth-order valence-electron chi connectivity index (χ4n) is 3.58. The summed E-state index contributed by atoms with van der Waals surface area (Å²) in [7, 11) is 0. The Morgan fingerprint density at radius 2 is 2.21 bits per heavy atom. The van der Waals surface area contributed by atoms with Crippen molar-refractivity contribution >= 4 is 28.5 Å². The zero-order chi connectivity index (χ0) is 20.2. The molecule has 5 N–H and O–H groups in total. The van der Waals surface area contributed by atoms with Crippen LogP contribution in [0.5, 0.6) is 0 Å². The summed E-state index contributed by atoms with van der Waals surface area (Å²) in [4.78, 5) is 15.2. The van der Waals surface area contributed by atoms with Crippen LogP contribution in [0.1, 0.15) is 25.5 Å². The number of carbonyl (C=O) groups is 1. The maximum absolute atomic E-state index is 10.7. The number of rotatable bonds is 6. The first-order chi connectivity index (χ1) is 14.1. The first kappa shape index (κ1) is 19.0. The topological polar surface area (TPSA) is 130 Å². The number of nitrogen functional groups attached to an aromatic ring is 1. The summed E-state index contributed by atoms with van der Waals surface area (Å²) < 4.78 is 12.6. The summed E-state index contributed by atoms with van der Waals surface area (Å²) in [5, 5.41) is 8.61. The first-order valence-corrected chi connectivity index (χ1v) is 9.64. The quantitative estimate of drug-likeness (QED) is 0.546. The molecule has 3 heterocycles. The average Bonchev–Trinajstić information content (AvgIpc) is 3.21. The summed E-state index contributed by atoms with van der Waals surface area (Å²) in [5.41, 5.74) is 14.5. The molecule has 1 aromatic carbocycles. The standard InChI is InChI=1S/C20H24N6O3/c21-18-12-15(23-8-10-29-20(22)27)14-5-4-13(11-16(14)25-18)17-6-7-24-26(17)19-3-1-2-9-28-19/h4-7,11-12,19H,1-3,8-10H2,(H2,22,27)(H3,21,23,25). The molecule has 2 aromatic heterocycles. The molecule has 9 heteroatoms. The number of anilines is 2. The molecule has 0 bridgehead atoms. The Kier molecular flexibility index (Phi) is 5.48. The second-order valence-corrected chi connectivity index (χ2v) is 6.90. The normalized spacial score (nSPS) is 16.6. The third-order valence-corrected chi connectivity index (χ3v) is 4.89.